The fraction of sp³-hybridized carbons (Fsp3) is 0.600. The summed E-state index contributed by atoms with van der Waals surface area (Å²) in [5, 5.41) is 30.0. The topological polar surface area (TPSA) is 377 Å². The number of hydrogen-bond acceptors (Lipinski definition) is 13. The molecule has 0 spiro atoms. The number of phenolic OH excluding ortho intramolecular Hbond substituents is 1. The van der Waals surface area contributed by atoms with E-state index >= 15 is 0 Å². The van der Waals surface area contributed by atoms with E-state index in [9.17, 15) is 62.6 Å². The van der Waals surface area contributed by atoms with Crippen molar-refractivity contribution in [3.05, 3.63) is 29.8 Å². The Kier molecular flexibility index (Phi) is 22.0. The van der Waals surface area contributed by atoms with Crippen LogP contribution in [-0.4, -0.2) is 143 Å². The van der Waals surface area contributed by atoms with Crippen molar-refractivity contribution in [2.75, 3.05) is 19.6 Å². The number of nitrogens with one attached hydrogen (secondary N) is 8. The summed E-state index contributed by atoms with van der Waals surface area (Å²) in [5.74, 6) is -11.1. The molecule has 380 valence electrons. The second-order valence-corrected chi connectivity index (χ2v) is 17.5. The predicted molar refractivity (Wildman–Crippen MR) is 245 cm³/mol. The second-order valence-electron chi connectivity index (χ2n) is 17.5. The van der Waals surface area contributed by atoms with E-state index in [1.807, 2.05) is 0 Å². The molecule has 11 amide bonds. The summed E-state index contributed by atoms with van der Waals surface area (Å²) in [6.07, 6.45) is -1.26. The molecule has 1 aromatic rings. The maximum absolute atomic E-state index is 14.5. The van der Waals surface area contributed by atoms with Crippen LogP contribution < -0.4 is 54.0 Å². The minimum absolute atomic E-state index is 0.0191. The normalized spacial score (nSPS) is 23.5. The molecule has 2 aliphatic heterocycles. The first-order valence-corrected chi connectivity index (χ1v) is 23.0. The number of benzene rings is 1. The summed E-state index contributed by atoms with van der Waals surface area (Å²) in [5.41, 5.74) is 11.2. The van der Waals surface area contributed by atoms with E-state index in [4.69, 9.17) is 11.5 Å². The zero-order chi connectivity index (χ0) is 51.5. The van der Waals surface area contributed by atoms with Crippen molar-refractivity contribution in [3.8, 4) is 5.75 Å². The van der Waals surface area contributed by atoms with Crippen molar-refractivity contribution in [1.82, 2.24) is 47.4 Å². The average Bonchev–Trinajstić information content (AvgIpc) is 3.80. The van der Waals surface area contributed by atoms with E-state index in [2.05, 4.69) is 42.5 Å². The fourth-order valence-corrected chi connectivity index (χ4v) is 7.60. The Morgan fingerprint density at radius 1 is 0.783 bits per heavy atom. The maximum Gasteiger partial charge on any atom is 0.247 e. The van der Waals surface area contributed by atoms with Crippen LogP contribution in [0.1, 0.15) is 98.0 Å². The van der Waals surface area contributed by atoms with Gasteiger partial charge in [-0.2, -0.15) is 0 Å². The molecular weight excluding hydrogens is 903 g/mol. The maximum atomic E-state index is 14.5. The third-order valence-corrected chi connectivity index (χ3v) is 12.0. The molecule has 0 radical (unpaired) electrons. The molecule has 0 aliphatic carbocycles. The smallest absolute Gasteiger partial charge is 0.247 e. The molecule has 1 aromatic carbocycles. The summed E-state index contributed by atoms with van der Waals surface area (Å²) in [4.78, 5) is 161. The minimum Gasteiger partial charge on any atom is -0.508 e. The SMILES string of the molecule is CCC(C)C1NC(=O)[C@H](Cc2ccc(O)cc2)NC(=O)CCC(=O)NC[C@@H](C(=O)N2CCCC2C(=O)N[C@H](C(=O)NCC(N)=O)[C@@H](C)CC)NC(=O)[C@H](CC(N)=O)NC(=O)[C@H](CCC(C)=O)NC1=O. The van der Waals surface area contributed by atoms with Gasteiger partial charge in [0.05, 0.1) is 13.0 Å². The summed E-state index contributed by atoms with van der Waals surface area (Å²) in [6.45, 7) is 6.96. The predicted octanol–water partition coefficient (Wildman–Crippen LogP) is -3.32. The number of ketones is 1. The number of nitrogens with zero attached hydrogens (tertiary/aromatic N) is 1. The van der Waals surface area contributed by atoms with Crippen LogP contribution in [0.5, 0.6) is 5.75 Å². The van der Waals surface area contributed by atoms with Gasteiger partial charge in [-0.05, 0) is 55.7 Å². The molecule has 3 rings (SSSR count). The Morgan fingerprint density at radius 3 is 2.01 bits per heavy atom. The highest BCUT2D eigenvalue weighted by Gasteiger charge is 2.41. The van der Waals surface area contributed by atoms with Crippen LogP contribution in [0.3, 0.4) is 0 Å². The van der Waals surface area contributed by atoms with Crippen molar-refractivity contribution >= 4 is 70.8 Å². The van der Waals surface area contributed by atoms with Gasteiger partial charge >= 0.3 is 0 Å². The van der Waals surface area contributed by atoms with Crippen LogP contribution in [0.2, 0.25) is 0 Å². The standard InChI is InChI=1S/C45H67N11O13/c1-6-23(3)37(43(67)49-22-34(47)60)55-42(66)32-9-8-18-56(32)45(69)31-21-48-35(61)16-17-36(62)50-29(19-26-11-13-27(58)14-12-26)41(65)54-38(24(4)7-2)44(68)51-28(15-10-25(5)57)39(63)52-30(20-33(46)59)40(64)53-31/h11-14,23-24,28-32,37-38,58H,6-10,15-22H2,1-5H3,(H2,46,59)(H2,47,60)(H,48,61)(H,49,67)(H,50,62)(H,51,68)(H,52,63)(H,53,64)(H,54,65)(H,55,66)/t23-,24?,28-,29-,30-,31-,32?,37-,38?/m0/s1. The minimum atomic E-state index is -1.80. The number of phenols is 1. The van der Waals surface area contributed by atoms with E-state index in [1.165, 1.54) is 31.2 Å². The molecule has 9 atom stereocenters. The molecule has 0 saturated carbocycles. The number of hydrogen-bond donors (Lipinski definition) is 11. The Labute approximate surface area is 399 Å². The van der Waals surface area contributed by atoms with E-state index < -0.39 is 151 Å². The van der Waals surface area contributed by atoms with Gasteiger partial charge in [0.2, 0.25) is 65.0 Å². The third-order valence-electron chi connectivity index (χ3n) is 12.0. The quantitative estimate of drug-likeness (QED) is 0.0730. The second kappa shape index (κ2) is 27.0. The summed E-state index contributed by atoms with van der Waals surface area (Å²) < 4.78 is 0. The first-order valence-electron chi connectivity index (χ1n) is 23.0. The highest BCUT2D eigenvalue weighted by atomic mass is 16.3. The molecule has 0 aromatic heterocycles. The lowest BCUT2D eigenvalue weighted by Gasteiger charge is -2.32. The molecule has 24 heteroatoms. The van der Waals surface area contributed by atoms with Crippen LogP contribution in [0.4, 0.5) is 0 Å². The highest BCUT2D eigenvalue weighted by Crippen LogP contribution is 2.21. The number of carbonyl (C=O) groups excluding carboxylic acids is 12. The lowest BCUT2D eigenvalue weighted by atomic mass is 9.96. The van der Waals surface area contributed by atoms with Gasteiger partial charge in [-0.3, -0.25) is 52.7 Å². The van der Waals surface area contributed by atoms with Gasteiger partial charge < -0.3 is 68.8 Å². The van der Waals surface area contributed by atoms with Gasteiger partial charge in [0.15, 0.2) is 0 Å². The number of nitrogens with two attached hydrogens (primary N) is 2. The number of aromatic hydroxyl groups is 1. The van der Waals surface area contributed by atoms with Crippen LogP contribution in [0, 0.1) is 11.8 Å². The number of primary amides is 2. The first-order chi connectivity index (χ1) is 32.5. The number of Topliss-reactive ketones (excluding diaryl/α,β-unsaturated/α-hetero) is 1. The molecule has 69 heavy (non-hydrogen) atoms. The highest BCUT2D eigenvalue weighted by molar-refractivity contribution is 6.00. The van der Waals surface area contributed by atoms with Gasteiger partial charge in [0, 0.05) is 38.8 Å². The Bertz CT molecular complexity index is 2080. The van der Waals surface area contributed by atoms with Gasteiger partial charge in [-0.15, -0.1) is 0 Å². The molecule has 2 heterocycles. The number of amides is 11. The van der Waals surface area contributed by atoms with Gasteiger partial charge in [-0.25, -0.2) is 0 Å². The van der Waals surface area contributed by atoms with Crippen LogP contribution >= 0.6 is 0 Å². The molecular formula is C45H67N11O13. The zero-order valence-electron chi connectivity index (χ0n) is 39.6. The van der Waals surface area contributed by atoms with E-state index in [-0.39, 0.29) is 43.8 Å². The summed E-state index contributed by atoms with van der Waals surface area (Å²) >= 11 is 0. The van der Waals surface area contributed by atoms with Gasteiger partial charge in [-0.1, -0.05) is 52.7 Å². The van der Waals surface area contributed by atoms with Crippen molar-refractivity contribution in [2.24, 2.45) is 23.3 Å². The van der Waals surface area contributed by atoms with Crippen molar-refractivity contribution < 1.29 is 62.6 Å². The largest absolute Gasteiger partial charge is 0.508 e. The molecule has 13 N–H and O–H groups in total. The van der Waals surface area contributed by atoms with Crippen molar-refractivity contribution in [3.63, 3.8) is 0 Å². The van der Waals surface area contributed by atoms with Crippen LogP contribution in [-0.2, 0) is 64.0 Å². The monoisotopic (exact) mass is 969 g/mol. The molecule has 2 saturated heterocycles. The Hall–Kier alpha value is -7.14. The fourth-order valence-electron chi connectivity index (χ4n) is 7.60. The van der Waals surface area contributed by atoms with Crippen molar-refractivity contribution in [2.45, 2.75) is 141 Å². The lowest BCUT2D eigenvalue weighted by molar-refractivity contribution is -0.143. The van der Waals surface area contributed by atoms with E-state index in [0.29, 0.717) is 24.8 Å². The molecule has 2 fully saturated rings. The van der Waals surface area contributed by atoms with Gasteiger partial charge in [0.25, 0.3) is 0 Å². The first kappa shape index (κ1) is 56.2. The summed E-state index contributed by atoms with van der Waals surface area (Å²) in [6, 6.07) is -4.21. The Balaban J connectivity index is 2.06. The number of carbonyl (C=O) groups is 12. The molecule has 0 bridgehead atoms. The van der Waals surface area contributed by atoms with Crippen LogP contribution in [0.25, 0.3) is 0 Å². The molecule has 2 aliphatic rings. The van der Waals surface area contributed by atoms with Crippen LogP contribution in [0.15, 0.2) is 24.3 Å². The number of likely N-dealkylation sites (tertiary alicyclic amines) is 1. The average molecular weight is 970 g/mol. The van der Waals surface area contributed by atoms with E-state index in [0.717, 1.165) is 4.90 Å². The number of rotatable bonds is 17. The Morgan fingerprint density at radius 2 is 1.41 bits per heavy atom. The summed E-state index contributed by atoms with van der Waals surface area (Å²) in [7, 11) is 0. The van der Waals surface area contributed by atoms with Crippen molar-refractivity contribution in [1.29, 1.82) is 0 Å². The molecule has 3 unspecified atom stereocenters. The zero-order valence-corrected chi connectivity index (χ0v) is 39.6. The van der Waals surface area contributed by atoms with Gasteiger partial charge in [0.1, 0.15) is 53.8 Å². The van der Waals surface area contributed by atoms with E-state index in [1.54, 1.807) is 27.7 Å². The molecule has 24 nitrogen and oxygen atoms in total. The lowest BCUT2D eigenvalue weighted by Crippen LogP contribution is -2.62. The third kappa shape index (κ3) is 17.8.